The minimum atomic E-state index is -1.34. The van der Waals surface area contributed by atoms with Gasteiger partial charge in [0, 0.05) is 0 Å². The smallest absolute Gasteiger partial charge is 0.178 e. The van der Waals surface area contributed by atoms with Crippen LogP contribution in [0.1, 0.15) is 32.1 Å². The lowest BCUT2D eigenvalue weighted by Gasteiger charge is -2.33. The van der Waals surface area contributed by atoms with Crippen molar-refractivity contribution in [1.29, 1.82) is 0 Å². The normalized spacial score (nSPS) is 31.0. The van der Waals surface area contributed by atoms with E-state index >= 15 is 0 Å². The Kier molecular flexibility index (Phi) is 2.98. The third-order valence-corrected chi connectivity index (χ3v) is 3.49. The molecule has 1 atom stereocenters. The van der Waals surface area contributed by atoms with E-state index in [1.165, 1.54) is 24.6 Å². The van der Waals surface area contributed by atoms with Gasteiger partial charge in [-0.1, -0.05) is 25.2 Å². The predicted octanol–water partition coefficient (Wildman–Crippen LogP) is 2.00. The minimum Gasteiger partial charge on any atom is -0.370 e. The summed E-state index contributed by atoms with van der Waals surface area (Å²) in [4.78, 5) is 11.4. The van der Waals surface area contributed by atoms with Crippen molar-refractivity contribution in [1.82, 2.24) is 0 Å². The molecule has 2 nitrogen and oxygen atoms in total. The third kappa shape index (κ3) is 1.96. The summed E-state index contributed by atoms with van der Waals surface area (Å²) in [5, 5.41) is 10.3. The Morgan fingerprint density at radius 1 is 1.38 bits per heavy atom. The van der Waals surface area contributed by atoms with E-state index in [0.29, 0.717) is 0 Å². The molecule has 2 heteroatoms. The fraction of sp³-hybridized carbons (Fsp3) is 0.500. The van der Waals surface area contributed by atoms with Crippen molar-refractivity contribution in [2.24, 2.45) is 5.92 Å². The summed E-state index contributed by atoms with van der Waals surface area (Å²) in [6.45, 7) is 0. The summed E-state index contributed by atoms with van der Waals surface area (Å²) in [6, 6.07) is 0. The molecule has 1 saturated carbocycles. The van der Waals surface area contributed by atoms with Gasteiger partial charge in [0.1, 0.15) is 0 Å². The van der Waals surface area contributed by atoms with Crippen LogP contribution in [-0.4, -0.2) is 16.5 Å². The summed E-state index contributed by atoms with van der Waals surface area (Å²) in [6.07, 6.45) is 15.3. The van der Waals surface area contributed by atoms with Gasteiger partial charge >= 0.3 is 0 Å². The summed E-state index contributed by atoms with van der Waals surface area (Å²) < 4.78 is 0. The molecule has 16 heavy (non-hydrogen) atoms. The highest BCUT2D eigenvalue weighted by Gasteiger charge is 2.35. The number of aliphatic hydroxyl groups is 1. The Morgan fingerprint density at radius 2 is 2.06 bits per heavy atom. The Hall–Kier alpha value is -1.33. The molecule has 0 spiro atoms. The first-order valence-electron chi connectivity index (χ1n) is 5.81. The second kappa shape index (κ2) is 4.27. The molecule has 0 heterocycles. The fourth-order valence-corrected chi connectivity index (χ4v) is 2.58. The maximum absolute atomic E-state index is 11.4. The number of hydrogen-bond acceptors (Lipinski definition) is 2. The van der Waals surface area contributed by atoms with Gasteiger partial charge in [-0.15, -0.1) is 6.42 Å². The molecule has 2 aliphatic rings. The highest BCUT2D eigenvalue weighted by atomic mass is 16.3. The molecule has 1 unspecified atom stereocenters. The molecule has 1 fully saturated rings. The van der Waals surface area contributed by atoms with Crippen molar-refractivity contribution < 1.29 is 9.90 Å². The topological polar surface area (TPSA) is 37.3 Å². The molecule has 0 aromatic rings. The summed E-state index contributed by atoms with van der Waals surface area (Å²) >= 11 is 0. The van der Waals surface area contributed by atoms with Crippen LogP contribution in [0.25, 0.3) is 0 Å². The number of hydrogen-bond donors (Lipinski definition) is 1. The van der Waals surface area contributed by atoms with Crippen LogP contribution < -0.4 is 0 Å². The van der Waals surface area contributed by atoms with E-state index in [4.69, 9.17) is 6.42 Å². The molecule has 1 N–H and O–H groups in total. The van der Waals surface area contributed by atoms with Crippen LogP contribution in [0.4, 0.5) is 0 Å². The van der Waals surface area contributed by atoms with Gasteiger partial charge in [0.15, 0.2) is 11.4 Å². The number of carbonyl (C=O) groups is 1. The van der Waals surface area contributed by atoms with Gasteiger partial charge in [0.25, 0.3) is 0 Å². The second-order valence-electron chi connectivity index (χ2n) is 4.58. The molecule has 0 aromatic carbocycles. The highest BCUT2D eigenvalue weighted by Crippen LogP contribution is 2.37. The standard InChI is InChI=1S/C14H16O2/c1-2-14(16)9-8-12(15)10-13(14)11-6-4-3-5-7-11/h1,8-11,16H,3-7H2. The molecule has 0 bridgehead atoms. The van der Waals surface area contributed by atoms with Crippen molar-refractivity contribution in [2.75, 3.05) is 0 Å². The van der Waals surface area contributed by atoms with Gasteiger partial charge in [-0.05, 0) is 42.6 Å². The first-order valence-corrected chi connectivity index (χ1v) is 5.81. The number of terminal acetylenes is 1. The largest absolute Gasteiger partial charge is 0.370 e. The van der Waals surface area contributed by atoms with E-state index < -0.39 is 5.60 Å². The number of carbonyl (C=O) groups excluding carboxylic acids is 1. The predicted molar refractivity (Wildman–Crippen MR) is 62.6 cm³/mol. The second-order valence-corrected chi connectivity index (χ2v) is 4.58. The van der Waals surface area contributed by atoms with Crippen LogP contribution in [-0.2, 0) is 4.79 Å². The van der Waals surface area contributed by atoms with E-state index in [1.807, 2.05) is 0 Å². The van der Waals surface area contributed by atoms with Gasteiger partial charge in [-0.25, -0.2) is 0 Å². The molecule has 0 radical (unpaired) electrons. The maximum Gasteiger partial charge on any atom is 0.178 e. The number of rotatable bonds is 1. The molecule has 84 valence electrons. The number of allylic oxidation sites excluding steroid dienone is 2. The van der Waals surface area contributed by atoms with Gasteiger partial charge in [0.05, 0.1) is 0 Å². The van der Waals surface area contributed by atoms with Gasteiger partial charge in [-0.3, -0.25) is 4.79 Å². The zero-order valence-corrected chi connectivity index (χ0v) is 9.28. The van der Waals surface area contributed by atoms with Crippen molar-refractivity contribution in [3.63, 3.8) is 0 Å². The van der Waals surface area contributed by atoms with Gasteiger partial charge in [-0.2, -0.15) is 0 Å². The maximum atomic E-state index is 11.4. The lowest BCUT2D eigenvalue weighted by Crippen LogP contribution is -2.34. The van der Waals surface area contributed by atoms with Crippen LogP contribution in [0.5, 0.6) is 0 Å². The van der Waals surface area contributed by atoms with Gasteiger partial charge < -0.3 is 5.11 Å². The SMILES string of the molecule is C#CC1(O)C=CC(=O)C=C1C1CCCCC1. The van der Waals surface area contributed by atoms with Crippen molar-refractivity contribution >= 4 is 5.78 Å². The molecule has 0 amide bonds. The van der Waals surface area contributed by atoms with Crippen molar-refractivity contribution in [3.8, 4) is 12.3 Å². The molecular weight excluding hydrogens is 200 g/mol. The summed E-state index contributed by atoms with van der Waals surface area (Å²) in [7, 11) is 0. The molecule has 0 aromatic heterocycles. The lowest BCUT2D eigenvalue weighted by molar-refractivity contribution is -0.110. The van der Waals surface area contributed by atoms with Crippen molar-refractivity contribution in [2.45, 2.75) is 37.7 Å². The van der Waals surface area contributed by atoms with Gasteiger partial charge in [0.2, 0.25) is 0 Å². The number of ketones is 1. The van der Waals surface area contributed by atoms with Crippen LogP contribution in [0.2, 0.25) is 0 Å². The fourth-order valence-electron chi connectivity index (χ4n) is 2.58. The molecule has 0 aliphatic heterocycles. The first-order chi connectivity index (χ1) is 7.65. The average Bonchev–Trinajstić information content (AvgIpc) is 2.33. The minimum absolute atomic E-state index is 0.0690. The van der Waals surface area contributed by atoms with E-state index in [-0.39, 0.29) is 11.7 Å². The zero-order chi connectivity index (χ0) is 11.6. The lowest BCUT2D eigenvalue weighted by atomic mass is 9.74. The van der Waals surface area contributed by atoms with Crippen LogP contribution >= 0.6 is 0 Å². The van der Waals surface area contributed by atoms with Crippen LogP contribution in [0, 0.1) is 18.3 Å². The van der Waals surface area contributed by atoms with Crippen LogP contribution in [0.3, 0.4) is 0 Å². The average molecular weight is 216 g/mol. The van der Waals surface area contributed by atoms with Crippen LogP contribution in [0.15, 0.2) is 23.8 Å². The molecule has 2 rings (SSSR count). The highest BCUT2D eigenvalue weighted by molar-refractivity contribution is 6.01. The Labute approximate surface area is 96.0 Å². The Morgan fingerprint density at radius 3 is 2.69 bits per heavy atom. The van der Waals surface area contributed by atoms with Crippen molar-refractivity contribution in [3.05, 3.63) is 23.8 Å². The molecule has 2 aliphatic carbocycles. The monoisotopic (exact) mass is 216 g/mol. The summed E-state index contributed by atoms with van der Waals surface area (Å²) in [5.41, 5.74) is -0.613. The van der Waals surface area contributed by atoms with E-state index in [1.54, 1.807) is 0 Å². The van der Waals surface area contributed by atoms with E-state index in [9.17, 15) is 9.90 Å². The zero-order valence-electron chi connectivity index (χ0n) is 9.28. The molecule has 0 saturated heterocycles. The van der Waals surface area contributed by atoms with E-state index in [0.717, 1.165) is 31.3 Å². The quantitative estimate of drug-likeness (QED) is 0.681. The third-order valence-electron chi connectivity index (χ3n) is 3.49. The van der Waals surface area contributed by atoms with E-state index in [2.05, 4.69) is 5.92 Å². The molecular formula is C14H16O2. The Bertz CT molecular complexity index is 391. The Balaban J connectivity index is 2.29. The first kappa shape index (κ1) is 11.2. The summed E-state index contributed by atoms with van der Waals surface area (Å²) in [5.74, 6) is 2.59.